The summed E-state index contributed by atoms with van der Waals surface area (Å²) in [5, 5.41) is 1.98. The van der Waals surface area contributed by atoms with E-state index in [2.05, 4.69) is 6.92 Å². The molecule has 0 N–H and O–H groups in total. The number of carbonyl (C=O) groups excluding carboxylic acids is 2. The van der Waals surface area contributed by atoms with Crippen molar-refractivity contribution in [3.63, 3.8) is 0 Å². The molecule has 0 radical (unpaired) electrons. The number of amides is 1. The van der Waals surface area contributed by atoms with Gasteiger partial charge in [-0.3, -0.25) is 9.59 Å². The van der Waals surface area contributed by atoms with Crippen molar-refractivity contribution in [3.8, 4) is 0 Å². The van der Waals surface area contributed by atoms with Gasteiger partial charge in [-0.25, -0.2) is 0 Å². The maximum Gasteiger partial charge on any atom is 0.307 e. The summed E-state index contributed by atoms with van der Waals surface area (Å²) in [7, 11) is 1.75. The zero-order chi connectivity index (χ0) is 15.4. The number of thiophene rings is 1. The first-order valence-electron chi connectivity index (χ1n) is 7.53. The Morgan fingerprint density at radius 2 is 2.24 bits per heavy atom. The molecule has 0 saturated carbocycles. The minimum Gasteiger partial charge on any atom is -0.466 e. The molecule has 0 aliphatic heterocycles. The van der Waals surface area contributed by atoms with Crippen LogP contribution in [0.25, 0.3) is 0 Å². The van der Waals surface area contributed by atoms with Gasteiger partial charge in [0.2, 0.25) is 0 Å². The van der Waals surface area contributed by atoms with Gasteiger partial charge in [0.25, 0.3) is 5.91 Å². The molecular weight excluding hydrogens is 286 g/mol. The van der Waals surface area contributed by atoms with Gasteiger partial charge in [-0.1, -0.05) is 6.92 Å². The van der Waals surface area contributed by atoms with Crippen LogP contribution in [0.2, 0.25) is 0 Å². The Morgan fingerprint density at radius 3 is 2.95 bits per heavy atom. The lowest BCUT2D eigenvalue weighted by Gasteiger charge is -2.21. The summed E-state index contributed by atoms with van der Waals surface area (Å²) in [5.74, 6) is 0.477. The van der Waals surface area contributed by atoms with Gasteiger partial charge in [-0.2, -0.15) is 0 Å². The summed E-state index contributed by atoms with van der Waals surface area (Å²) in [6.45, 7) is 4.83. The Hall–Kier alpha value is -1.36. The predicted octanol–water partition coefficient (Wildman–Crippen LogP) is 2.90. The number of carbonyl (C=O) groups is 2. The topological polar surface area (TPSA) is 46.6 Å². The van der Waals surface area contributed by atoms with Crippen molar-refractivity contribution < 1.29 is 14.3 Å². The van der Waals surface area contributed by atoms with Crippen LogP contribution in [0.1, 0.15) is 47.5 Å². The average Bonchev–Trinajstić information content (AvgIpc) is 2.87. The van der Waals surface area contributed by atoms with Gasteiger partial charge < -0.3 is 9.64 Å². The van der Waals surface area contributed by atoms with Crippen molar-refractivity contribution in [1.29, 1.82) is 0 Å². The minimum atomic E-state index is -0.252. The zero-order valence-electron chi connectivity index (χ0n) is 13.0. The van der Waals surface area contributed by atoms with E-state index < -0.39 is 0 Å². The van der Waals surface area contributed by atoms with E-state index in [-0.39, 0.29) is 18.3 Å². The molecule has 1 aliphatic carbocycles. The fourth-order valence-corrected chi connectivity index (χ4v) is 3.89. The number of rotatable bonds is 5. The first-order chi connectivity index (χ1) is 10.0. The monoisotopic (exact) mass is 309 g/mol. The lowest BCUT2D eigenvalue weighted by atomic mass is 9.88. The Kier molecular flexibility index (Phi) is 5.39. The van der Waals surface area contributed by atoms with Crippen LogP contribution < -0.4 is 0 Å². The third-order valence-electron chi connectivity index (χ3n) is 3.94. The molecule has 21 heavy (non-hydrogen) atoms. The number of esters is 1. The summed E-state index contributed by atoms with van der Waals surface area (Å²) in [4.78, 5) is 26.9. The van der Waals surface area contributed by atoms with E-state index in [1.807, 2.05) is 5.38 Å². The number of fused-ring (bicyclic) bond motifs is 1. The smallest absolute Gasteiger partial charge is 0.307 e. The summed E-state index contributed by atoms with van der Waals surface area (Å²) in [5.41, 5.74) is 2.05. The molecule has 0 spiro atoms. The van der Waals surface area contributed by atoms with Gasteiger partial charge in [-0.05, 0) is 37.7 Å². The highest BCUT2D eigenvalue weighted by molar-refractivity contribution is 7.10. The summed E-state index contributed by atoms with van der Waals surface area (Å²) >= 11 is 1.69. The first kappa shape index (κ1) is 16.0. The van der Waals surface area contributed by atoms with E-state index in [0.717, 1.165) is 24.8 Å². The van der Waals surface area contributed by atoms with Crippen LogP contribution in [-0.4, -0.2) is 37.0 Å². The van der Waals surface area contributed by atoms with Crippen molar-refractivity contribution in [2.75, 3.05) is 20.2 Å². The van der Waals surface area contributed by atoms with Crippen LogP contribution in [0.5, 0.6) is 0 Å². The predicted molar refractivity (Wildman–Crippen MR) is 83.7 cm³/mol. The lowest BCUT2D eigenvalue weighted by molar-refractivity contribution is -0.143. The highest BCUT2D eigenvalue weighted by Gasteiger charge is 2.24. The second kappa shape index (κ2) is 7.07. The van der Waals surface area contributed by atoms with Crippen LogP contribution in [0.3, 0.4) is 0 Å². The molecule has 1 aromatic heterocycles. The van der Waals surface area contributed by atoms with E-state index in [1.165, 1.54) is 10.4 Å². The van der Waals surface area contributed by atoms with Crippen molar-refractivity contribution in [3.05, 3.63) is 21.4 Å². The van der Waals surface area contributed by atoms with E-state index in [4.69, 9.17) is 4.74 Å². The van der Waals surface area contributed by atoms with E-state index in [9.17, 15) is 9.59 Å². The van der Waals surface area contributed by atoms with Crippen molar-refractivity contribution in [1.82, 2.24) is 4.90 Å². The second-order valence-electron chi connectivity index (χ2n) is 5.68. The van der Waals surface area contributed by atoms with E-state index >= 15 is 0 Å². The Bertz CT molecular complexity index is 524. The van der Waals surface area contributed by atoms with Gasteiger partial charge >= 0.3 is 5.97 Å². The van der Waals surface area contributed by atoms with Crippen molar-refractivity contribution in [2.45, 2.75) is 39.5 Å². The standard InChI is InChI=1S/C16H23NO3S/c1-4-20-15(18)7-8-17(3)16(19)13-10-21-14-9-11(2)5-6-12(13)14/h10-11H,4-9H2,1-3H3. The molecule has 0 saturated heterocycles. The van der Waals surface area contributed by atoms with Crippen LogP contribution in [-0.2, 0) is 22.4 Å². The number of nitrogens with zero attached hydrogens (tertiary/aromatic N) is 1. The lowest BCUT2D eigenvalue weighted by Crippen LogP contribution is -2.30. The SMILES string of the molecule is CCOC(=O)CCN(C)C(=O)c1csc2c1CCC(C)C2. The van der Waals surface area contributed by atoms with Crippen LogP contribution in [0, 0.1) is 5.92 Å². The summed E-state index contributed by atoms with van der Waals surface area (Å²) < 4.78 is 4.89. The Balaban J connectivity index is 1.98. The molecule has 5 heteroatoms. The minimum absolute atomic E-state index is 0.0198. The summed E-state index contributed by atoms with van der Waals surface area (Å²) in [6, 6.07) is 0. The maximum atomic E-state index is 12.5. The Morgan fingerprint density at radius 1 is 1.48 bits per heavy atom. The average molecular weight is 309 g/mol. The second-order valence-corrected chi connectivity index (χ2v) is 6.65. The molecule has 0 bridgehead atoms. The molecule has 1 unspecified atom stereocenters. The van der Waals surface area contributed by atoms with Gasteiger partial charge in [-0.15, -0.1) is 11.3 Å². The first-order valence-corrected chi connectivity index (χ1v) is 8.41. The van der Waals surface area contributed by atoms with Crippen LogP contribution in [0.4, 0.5) is 0 Å². The van der Waals surface area contributed by atoms with Gasteiger partial charge in [0.1, 0.15) is 0 Å². The molecule has 1 heterocycles. The molecule has 1 amide bonds. The summed E-state index contributed by atoms with van der Waals surface area (Å²) in [6.07, 6.45) is 3.47. The largest absolute Gasteiger partial charge is 0.466 e. The number of hydrogen-bond donors (Lipinski definition) is 0. The molecule has 1 aromatic rings. The number of ether oxygens (including phenoxy) is 1. The quantitative estimate of drug-likeness (QED) is 0.786. The molecule has 4 nitrogen and oxygen atoms in total. The van der Waals surface area contributed by atoms with Crippen molar-refractivity contribution in [2.24, 2.45) is 5.92 Å². The zero-order valence-corrected chi connectivity index (χ0v) is 13.8. The van der Waals surface area contributed by atoms with Gasteiger partial charge in [0.05, 0.1) is 18.6 Å². The fraction of sp³-hybridized carbons (Fsp3) is 0.625. The molecule has 0 fully saturated rings. The van der Waals surface area contributed by atoms with E-state index in [1.54, 1.807) is 30.2 Å². The van der Waals surface area contributed by atoms with Crippen LogP contribution >= 0.6 is 11.3 Å². The number of hydrogen-bond acceptors (Lipinski definition) is 4. The van der Waals surface area contributed by atoms with E-state index in [0.29, 0.717) is 19.1 Å². The van der Waals surface area contributed by atoms with Gasteiger partial charge in [0, 0.05) is 23.8 Å². The van der Waals surface area contributed by atoms with Crippen LogP contribution in [0.15, 0.2) is 5.38 Å². The third-order valence-corrected chi connectivity index (χ3v) is 4.99. The fourth-order valence-electron chi connectivity index (χ4n) is 2.66. The normalized spacial score (nSPS) is 17.2. The molecule has 1 aliphatic rings. The molecule has 116 valence electrons. The maximum absolute atomic E-state index is 12.5. The van der Waals surface area contributed by atoms with Gasteiger partial charge in [0.15, 0.2) is 0 Å². The molecule has 0 aromatic carbocycles. The third kappa shape index (κ3) is 3.84. The highest BCUT2D eigenvalue weighted by Crippen LogP contribution is 2.33. The Labute approximate surface area is 130 Å². The molecule has 2 rings (SSSR count). The van der Waals surface area contributed by atoms with Crippen molar-refractivity contribution >= 4 is 23.2 Å². The highest BCUT2D eigenvalue weighted by atomic mass is 32.1. The molecular formula is C16H23NO3S. The molecule has 1 atom stereocenters.